The molecule has 1 aliphatic rings. The van der Waals surface area contributed by atoms with E-state index in [0.29, 0.717) is 31.0 Å². The minimum absolute atomic E-state index is 0.143. The molecule has 196 valence electrons. The largest absolute Gasteiger partial charge is 0.486 e. The molecule has 38 heavy (non-hydrogen) atoms. The van der Waals surface area contributed by atoms with E-state index >= 15 is 0 Å². The Morgan fingerprint density at radius 1 is 1.18 bits per heavy atom. The molecule has 2 aromatic carbocycles. The van der Waals surface area contributed by atoms with Crippen LogP contribution in [0.25, 0.3) is 0 Å². The van der Waals surface area contributed by atoms with Gasteiger partial charge in [-0.1, -0.05) is 42.8 Å². The molecule has 0 fully saturated rings. The quantitative estimate of drug-likeness (QED) is 0.289. The van der Waals surface area contributed by atoms with Gasteiger partial charge in [0.2, 0.25) is 5.91 Å². The van der Waals surface area contributed by atoms with E-state index in [1.807, 2.05) is 30.0 Å². The number of ether oxygens (including phenoxy) is 1. The smallest absolute Gasteiger partial charge is 0.273 e. The monoisotopic (exact) mass is 529 g/mol. The molecule has 0 aliphatic carbocycles. The van der Waals surface area contributed by atoms with E-state index < -0.39 is 0 Å². The van der Waals surface area contributed by atoms with Gasteiger partial charge in [-0.25, -0.2) is 4.98 Å². The van der Waals surface area contributed by atoms with Gasteiger partial charge in [0.15, 0.2) is 0 Å². The maximum atomic E-state index is 12.9. The van der Waals surface area contributed by atoms with Crippen LogP contribution in [0.4, 0.5) is 0 Å². The van der Waals surface area contributed by atoms with E-state index in [2.05, 4.69) is 42.2 Å². The van der Waals surface area contributed by atoms with Gasteiger partial charge >= 0.3 is 0 Å². The van der Waals surface area contributed by atoms with Crippen molar-refractivity contribution in [1.29, 1.82) is 0 Å². The maximum absolute atomic E-state index is 12.9. The highest BCUT2D eigenvalue weighted by Crippen LogP contribution is 2.37. The van der Waals surface area contributed by atoms with Crippen LogP contribution in [-0.4, -0.2) is 40.2 Å². The molecule has 1 aliphatic heterocycles. The number of rotatable bonds is 8. The summed E-state index contributed by atoms with van der Waals surface area (Å²) in [5.74, 6) is 1.41. The van der Waals surface area contributed by atoms with Crippen molar-refractivity contribution in [1.82, 2.24) is 14.8 Å². The van der Waals surface area contributed by atoms with Gasteiger partial charge in [0.05, 0.1) is 18.8 Å². The number of aromatic nitrogens is 1. The number of carbonyl (C=O) groups excluding carboxylic acids is 2. The number of hydrogen-bond donors (Lipinski definition) is 0. The predicted octanol–water partition coefficient (Wildman–Crippen LogP) is 5.78. The van der Waals surface area contributed by atoms with E-state index in [1.54, 1.807) is 29.7 Å². The van der Waals surface area contributed by atoms with Crippen LogP contribution in [-0.2, 0) is 24.4 Å². The maximum Gasteiger partial charge on any atom is 0.273 e. The Bertz CT molecular complexity index is 1410. The molecule has 0 bridgehead atoms. The van der Waals surface area contributed by atoms with Gasteiger partial charge in [-0.2, -0.15) is 0 Å². The summed E-state index contributed by atoms with van der Waals surface area (Å²) in [7, 11) is 1.73. The van der Waals surface area contributed by atoms with Crippen LogP contribution >= 0.6 is 11.3 Å². The number of benzene rings is 2. The Hall–Kier alpha value is -3.91. The van der Waals surface area contributed by atoms with Gasteiger partial charge in [-0.15, -0.1) is 11.3 Å². The lowest BCUT2D eigenvalue weighted by atomic mass is 9.87. The molecular formula is C30H31N3O4S. The van der Waals surface area contributed by atoms with Gasteiger partial charge in [0.1, 0.15) is 28.8 Å². The minimum Gasteiger partial charge on any atom is -0.486 e. The van der Waals surface area contributed by atoms with Crippen molar-refractivity contribution in [2.24, 2.45) is 0 Å². The number of carbonyl (C=O) groups is 2. The van der Waals surface area contributed by atoms with Crippen LogP contribution in [0.2, 0.25) is 0 Å². The van der Waals surface area contributed by atoms with Crippen LogP contribution < -0.4 is 4.74 Å². The van der Waals surface area contributed by atoms with Crippen molar-refractivity contribution in [2.75, 3.05) is 13.6 Å². The Morgan fingerprint density at radius 3 is 2.74 bits per heavy atom. The number of amides is 2. The first-order chi connectivity index (χ1) is 18.4. The molecule has 0 radical (unpaired) electrons. The second-order valence-corrected chi connectivity index (χ2v) is 10.5. The number of thiazole rings is 1. The molecule has 0 unspecified atom stereocenters. The van der Waals surface area contributed by atoms with Gasteiger partial charge in [-0.3, -0.25) is 9.59 Å². The van der Waals surface area contributed by atoms with E-state index in [0.717, 1.165) is 28.3 Å². The summed E-state index contributed by atoms with van der Waals surface area (Å²) in [6, 6.07) is 18.0. The van der Waals surface area contributed by atoms with Crippen molar-refractivity contribution < 1.29 is 18.7 Å². The Balaban J connectivity index is 1.32. The summed E-state index contributed by atoms with van der Waals surface area (Å²) in [6.45, 7) is 5.30. The van der Waals surface area contributed by atoms with E-state index in [9.17, 15) is 9.59 Å². The number of aryl methyl sites for hydroxylation is 1. The van der Waals surface area contributed by atoms with Gasteiger partial charge in [-0.05, 0) is 54.3 Å². The van der Waals surface area contributed by atoms with Gasteiger partial charge in [0, 0.05) is 25.4 Å². The third kappa shape index (κ3) is 5.50. The average Bonchev–Trinajstić information content (AvgIpc) is 3.63. The average molecular weight is 530 g/mol. The molecule has 0 N–H and O–H groups in total. The molecular weight excluding hydrogens is 498 g/mol. The number of fused-ring (bicyclic) bond motifs is 1. The van der Waals surface area contributed by atoms with E-state index in [-0.39, 0.29) is 24.5 Å². The molecule has 0 saturated carbocycles. The van der Waals surface area contributed by atoms with Crippen LogP contribution in [0.3, 0.4) is 0 Å². The van der Waals surface area contributed by atoms with Crippen molar-refractivity contribution in [2.45, 2.75) is 45.9 Å². The second kappa shape index (κ2) is 11.2. The number of nitrogens with zero attached hydrogens (tertiary/aromatic N) is 3. The summed E-state index contributed by atoms with van der Waals surface area (Å²) in [6.07, 6.45) is 2.87. The van der Waals surface area contributed by atoms with Gasteiger partial charge in [0.25, 0.3) is 5.91 Å². The molecule has 2 aromatic heterocycles. The first-order valence-electron chi connectivity index (χ1n) is 12.8. The highest BCUT2D eigenvalue weighted by atomic mass is 32.1. The Labute approximate surface area is 226 Å². The molecule has 8 heteroatoms. The highest BCUT2D eigenvalue weighted by molar-refractivity contribution is 7.09. The zero-order chi connectivity index (χ0) is 26.6. The molecule has 1 atom stereocenters. The lowest BCUT2D eigenvalue weighted by Crippen LogP contribution is -2.40. The summed E-state index contributed by atoms with van der Waals surface area (Å²) < 4.78 is 11.5. The van der Waals surface area contributed by atoms with E-state index in [4.69, 9.17) is 9.15 Å². The number of hydrogen-bond acceptors (Lipinski definition) is 6. The third-order valence-electron chi connectivity index (χ3n) is 6.81. The molecule has 2 amide bonds. The summed E-state index contributed by atoms with van der Waals surface area (Å²) >= 11 is 1.40. The van der Waals surface area contributed by atoms with Crippen molar-refractivity contribution >= 4 is 23.2 Å². The fourth-order valence-electron chi connectivity index (χ4n) is 4.79. The third-order valence-corrected chi connectivity index (χ3v) is 7.64. The van der Waals surface area contributed by atoms with Crippen molar-refractivity contribution in [3.05, 3.63) is 105 Å². The zero-order valence-electron chi connectivity index (χ0n) is 21.8. The van der Waals surface area contributed by atoms with E-state index in [1.165, 1.54) is 22.5 Å². The zero-order valence-corrected chi connectivity index (χ0v) is 22.7. The van der Waals surface area contributed by atoms with Crippen LogP contribution in [0.1, 0.15) is 62.9 Å². The van der Waals surface area contributed by atoms with Crippen molar-refractivity contribution in [3.8, 4) is 5.75 Å². The molecule has 5 rings (SSSR count). The fourth-order valence-corrected chi connectivity index (χ4v) is 5.47. The predicted molar refractivity (Wildman–Crippen MR) is 146 cm³/mol. The van der Waals surface area contributed by atoms with Gasteiger partial charge < -0.3 is 19.0 Å². The highest BCUT2D eigenvalue weighted by Gasteiger charge is 2.31. The lowest BCUT2D eigenvalue weighted by Gasteiger charge is -2.38. The summed E-state index contributed by atoms with van der Waals surface area (Å²) in [5, 5.41) is 2.48. The minimum atomic E-state index is -0.167. The molecule has 7 nitrogen and oxygen atoms in total. The summed E-state index contributed by atoms with van der Waals surface area (Å²) in [5.41, 5.74) is 4.99. The molecule has 0 saturated heterocycles. The Morgan fingerprint density at radius 2 is 2.00 bits per heavy atom. The number of furan rings is 1. The second-order valence-electron chi connectivity index (χ2n) is 9.52. The van der Waals surface area contributed by atoms with Crippen LogP contribution in [0, 0.1) is 6.92 Å². The normalized spacial score (nSPS) is 14.7. The first kappa shape index (κ1) is 25.7. The molecule has 3 heterocycles. The molecule has 4 aromatic rings. The topological polar surface area (TPSA) is 75.9 Å². The Kier molecular flexibility index (Phi) is 7.60. The SMILES string of the molecule is CCC(=O)N1CCc2ccc(OCc3nc(C(=O)N(C)Cc4ccco4)cs3)cc2[C@H]1c1ccc(C)cc1. The van der Waals surface area contributed by atoms with Crippen LogP contribution in [0.5, 0.6) is 5.75 Å². The van der Waals surface area contributed by atoms with Crippen molar-refractivity contribution in [3.63, 3.8) is 0 Å². The lowest BCUT2D eigenvalue weighted by molar-refractivity contribution is -0.132. The molecule has 0 spiro atoms. The first-order valence-corrected chi connectivity index (χ1v) is 13.6. The standard InChI is InChI=1S/C30H31N3O4S/c1-4-28(34)33-14-13-21-11-12-23(16-25(21)29(33)22-9-7-20(2)8-10-22)37-18-27-31-26(19-38-27)30(35)32(3)17-24-6-5-15-36-24/h5-12,15-16,19,29H,4,13-14,17-18H2,1-3H3/t29-/m1/s1. The summed E-state index contributed by atoms with van der Waals surface area (Å²) in [4.78, 5) is 33.7. The fraction of sp³-hybridized carbons (Fsp3) is 0.300. The van der Waals surface area contributed by atoms with Crippen LogP contribution in [0.15, 0.2) is 70.7 Å².